The van der Waals surface area contributed by atoms with Crippen molar-refractivity contribution in [3.63, 3.8) is 0 Å². The Balaban J connectivity index is 1.93. The maximum Gasteiger partial charge on any atom is 0.0842 e. The van der Waals surface area contributed by atoms with Gasteiger partial charge < -0.3 is 5.73 Å². The highest BCUT2D eigenvalue weighted by Crippen LogP contribution is 2.33. The molecule has 90 valence electrons. The van der Waals surface area contributed by atoms with Crippen molar-refractivity contribution in [3.05, 3.63) is 11.9 Å². The first kappa shape index (κ1) is 12.3. The maximum atomic E-state index is 6.27. The molecule has 3 unspecified atom stereocenters. The molecule has 1 saturated heterocycles. The molecule has 2 rings (SSSR count). The largest absolute Gasteiger partial charge is 0.326 e. The average molecular weight is 258 g/mol. The van der Waals surface area contributed by atoms with E-state index in [-0.39, 0.29) is 6.04 Å². The number of thioether (sulfide) groups is 2. The molecular weight excluding hydrogens is 240 g/mol. The Morgan fingerprint density at radius 2 is 2.31 bits per heavy atom. The van der Waals surface area contributed by atoms with Crippen molar-refractivity contribution >= 4 is 23.5 Å². The highest BCUT2D eigenvalue weighted by atomic mass is 32.2. The van der Waals surface area contributed by atoms with E-state index in [1.807, 2.05) is 36.8 Å². The molecule has 16 heavy (non-hydrogen) atoms. The van der Waals surface area contributed by atoms with Gasteiger partial charge in [0.25, 0.3) is 0 Å². The van der Waals surface area contributed by atoms with E-state index in [4.69, 9.17) is 5.73 Å². The lowest BCUT2D eigenvalue weighted by Gasteiger charge is -2.32. The van der Waals surface area contributed by atoms with Gasteiger partial charge in [0, 0.05) is 47.7 Å². The summed E-state index contributed by atoms with van der Waals surface area (Å²) in [6.07, 6.45) is 2.78. The second-order valence-electron chi connectivity index (χ2n) is 4.16. The monoisotopic (exact) mass is 258 g/mol. The molecule has 1 aromatic heterocycles. The van der Waals surface area contributed by atoms with Crippen molar-refractivity contribution in [2.24, 2.45) is 12.8 Å². The summed E-state index contributed by atoms with van der Waals surface area (Å²) in [4.78, 5) is 0. The van der Waals surface area contributed by atoms with Crippen LogP contribution in [-0.4, -0.2) is 43.0 Å². The highest BCUT2D eigenvalue weighted by molar-refractivity contribution is 8.07. The highest BCUT2D eigenvalue weighted by Gasteiger charge is 2.28. The number of aromatic nitrogens is 3. The van der Waals surface area contributed by atoms with Crippen molar-refractivity contribution in [3.8, 4) is 0 Å². The van der Waals surface area contributed by atoms with Gasteiger partial charge >= 0.3 is 0 Å². The second-order valence-corrected chi connectivity index (χ2v) is 6.93. The van der Waals surface area contributed by atoms with Gasteiger partial charge in [-0.05, 0) is 0 Å². The third kappa shape index (κ3) is 2.93. The molecule has 4 nitrogen and oxygen atoms in total. The van der Waals surface area contributed by atoms with Crippen LogP contribution >= 0.6 is 23.5 Å². The Kier molecular flexibility index (Phi) is 4.16. The first-order chi connectivity index (χ1) is 7.66. The molecule has 0 amide bonds. The lowest BCUT2D eigenvalue weighted by molar-refractivity contribution is 0.613. The molecule has 0 radical (unpaired) electrons. The normalized spacial score (nSPS) is 27.9. The van der Waals surface area contributed by atoms with Crippen LogP contribution in [0.5, 0.6) is 0 Å². The zero-order chi connectivity index (χ0) is 11.5. The smallest absolute Gasteiger partial charge is 0.0842 e. The molecule has 0 spiro atoms. The molecule has 6 heteroatoms. The fourth-order valence-electron chi connectivity index (χ4n) is 1.97. The lowest BCUT2D eigenvalue weighted by atomic mass is 10.1. The number of hydrogen-bond acceptors (Lipinski definition) is 5. The molecule has 3 atom stereocenters. The maximum absolute atomic E-state index is 6.27. The molecule has 0 bridgehead atoms. The van der Waals surface area contributed by atoms with Crippen LogP contribution in [0.3, 0.4) is 0 Å². The molecule has 1 fully saturated rings. The van der Waals surface area contributed by atoms with Crippen molar-refractivity contribution in [2.45, 2.75) is 29.9 Å². The second kappa shape index (κ2) is 5.42. The van der Waals surface area contributed by atoms with Crippen molar-refractivity contribution < 1.29 is 0 Å². The predicted molar refractivity (Wildman–Crippen MR) is 70.8 cm³/mol. The Bertz CT molecular complexity index is 341. The van der Waals surface area contributed by atoms with Crippen LogP contribution < -0.4 is 5.73 Å². The number of rotatable bonds is 3. The zero-order valence-corrected chi connectivity index (χ0v) is 11.3. The summed E-state index contributed by atoms with van der Waals surface area (Å²) in [6, 6.07) is 0.185. The Morgan fingerprint density at radius 1 is 1.56 bits per heavy atom. The van der Waals surface area contributed by atoms with Crippen LogP contribution in [0, 0.1) is 0 Å². The molecule has 2 N–H and O–H groups in total. The first-order valence-electron chi connectivity index (χ1n) is 5.51. The third-order valence-corrected chi connectivity index (χ3v) is 6.03. The van der Waals surface area contributed by atoms with Crippen LogP contribution in [-0.2, 0) is 13.5 Å². The van der Waals surface area contributed by atoms with Crippen LogP contribution in [0.2, 0.25) is 0 Å². The van der Waals surface area contributed by atoms with Gasteiger partial charge in [-0.3, -0.25) is 4.68 Å². The lowest BCUT2D eigenvalue weighted by Crippen LogP contribution is -2.42. The summed E-state index contributed by atoms with van der Waals surface area (Å²) < 4.78 is 1.73. The molecule has 0 aliphatic carbocycles. The van der Waals surface area contributed by atoms with E-state index in [1.165, 1.54) is 11.5 Å². The summed E-state index contributed by atoms with van der Waals surface area (Å²) in [5.41, 5.74) is 7.27. The van der Waals surface area contributed by atoms with E-state index in [0.717, 1.165) is 12.1 Å². The van der Waals surface area contributed by atoms with Gasteiger partial charge in [-0.2, -0.15) is 23.5 Å². The SMILES string of the molecule is CC1SCCSC1C(N)Cc1cn(C)nn1. The topological polar surface area (TPSA) is 56.7 Å². The minimum absolute atomic E-state index is 0.185. The van der Waals surface area contributed by atoms with Gasteiger partial charge in [0.05, 0.1) is 5.69 Å². The summed E-state index contributed by atoms with van der Waals surface area (Å²) in [6.45, 7) is 2.28. The number of aryl methyl sites for hydroxylation is 1. The average Bonchev–Trinajstić information content (AvgIpc) is 2.64. The van der Waals surface area contributed by atoms with Gasteiger partial charge in [-0.1, -0.05) is 12.1 Å². The minimum atomic E-state index is 0.185. The minimum Gasteiger partial charge on any atom is -0.326 e. The van der Waals surface area contributed by atoms with Gasteiger partial charge in [-0.25, -0.2) is 0 Å². The Hall–Kier alpha value is -0.200. The standard InChI is InChI=1S/C10H18N4S2/c1-7-10(16-4-3-15-7)9(11)5-8-6-14(2)13-12-8/h6-7,9-10H,3-5,11H2,1-2H3. The molecule has 2 heterocycles. The quantitative estimate of drug-likeness (QED) is 0.874. The van der Waals surface area contributed by atoms with Crippen LogP contribution in [0.1, 0.15) is 12.6 Å². The van der Waals surface area contributed by atoms with E-state index in [9.17, 15) is 0 Å². The van der Waals surface area contributed by atoms with Crippen molar-refractivity contribution in [2.75, 3.05) is 11.5 Å². The van der Waals surface area contributed by atoms with Crippen molar-refractivity contribution in [1.29, 1.82) is 0 Å². The molecule has 1 aromatic rings. The summed E-state index contributed by atoms with van der Waals surface area (Å²) in [7, 11) is 1.88. The number of nitrogens with zero attached hydrogens (tertiary/aromatic N) is 3. The molecule has 1 aliphatic heterocycles. The number of hydrogen-bond donors (Lipinski definition) is 1. The summed E-state index contributed by atoms with van der Waals surface area (Å²) in [5, 5.41) is 9.21. The van der Waals surface area contributed by atoms with Crippen molar-refractivity contribution in [1.82, 2.24) is 15.0 Å². The van der Waals surface area contributed by atoms with Gasteiger partial charge in [0.1, 0.15) is 0 Å². The van der Waals surface area contributed by atoms with Gasteiger partial charge in [0.2, 0.25) is 0 Å². The van der Waals surface area contributed by atoms with E-state index in [0.29, 0.717) is 10.5 Å². The molecule has 0 saturated carbocycles. The fourth-order valence-corrected chi connectivity index (χ4v) is 4.86. The fraction of sp³-hybridized carbons (Fsp3) is 0.800. The molecular formula is C10H18N4S2. The zero-order valence-electron chi connectivity index (χ0n) is 9.67. The van der Waals surface area contributed by atoms with E-state index in [1.54, 1.807) is 4.68 Å². The molecule has 0 aromatic carbocycles. The summed E-state index contributed by atoms with van der Waals surface area (Å²) in [5.74, 6) is 2.47. The van der Waals surface area contributed by atoms with E-state index >= 15 is 0 Å². The van der Waals surface area contributed by atoms with Gasteiger partial charge in [-0.15, -0.1) is 5.10 Å². The predicted octanol–water partition coefficient (Wildman–Crippen LogP) is 0.922. The Labute approximate surface area is 105 Å². The van der Waals surface area contributed by atoms with E-state index < -0.39 is 0 Å². The van der Waals surface area contributed by atoms with E-state index in [2.05, 4.69) is 17.2 Å². The number of nitrogens with two attached hydrogens (primary N) is 1. The van der Waals surface area contributed by atoms with Gasteiger partial charge in [0.15, 0.2) is 0 Å². The van der Waals surface area contributed by atoms with Crippen LogP contribution in [0.25, 0.3) is 0 Å². The summed E-state index contributed by atoms with van der Waals surface area (Å²) >= 11 is 4.03. The first-order valence-corrected chi connectivity index (χ1v) is 7.60. The van der Waals surface area contributed by atoms with Crippen LogP contribution in [0.4, 0.5) is 0 Å². The Morgan fingerprint density at radius 3 is 2.94 bits per heavy atom. The van der Waals surface area contributed by atoms with Crippen LogP contribution in [0.15, 0.2) is 6.20 Å². The third-order valence-electron chi connectivity index (χ3n) is 2.75. The molecule has 1 aliphatic rings.